The molecule has 0 spiro atoms. The van der Waals surface area contributed by atoms with Gasteiger partial charge in [0.25, 0.3) is 15.6 Å². The smallest absolute Gasteiger partial charge is 0.267 e. The highest BCUT2D eigenvalue weighted by Gasteiger charge is 2.18. The number of hydrogen-bond acceptors (Lipinski definition) is 6. The summed E-state index contributed by atoms with van der Waals surface area (Å²) in [6.07, 6.45) is 2.65. The summed E-state index contributed by atoms with van der Waals surface area (Å²) in [7, 11) is -3.95. The van der Waals surface area contributed by atoms with Crippen LogP contribution in [0.15, 0.2) is 64.7 Å². The number of aryl methyl sites for hydroxylation is 1. The monoisotopic (exact) mass is 427 g/mol. The van der Waals surface area contributed by atoms with Gasteiger partial charge in [-0.3, -0.25) is 9.52 Å². The van der Waals surface area contributed by atoms with Gasteiger partial charge in [0, 0.05) is 22.2 Å². The number of fused-ring (bicyclic) bond motifs is 1. The van der Waals surface area contributed by atoms with Gasteiger partial charge >= 0.3 is 0 Å². The second kappa shape index (κ2) is 7.26. The van der Waals surface area contributed by atoms with Crippen LogP contribution in [0.2, 0.25) is 5.02 Å². The molecule has 0 aliphatic rings. The molecule has 2 heterocycles. The number of rotatable bonds is 4. The van der Waals surface area contributed by atoms with Gasteiger partial charge in [0.2, 0.25) is 0 Å². The van der Waals surface area contributed by atoms with Crippen LogP contribution in [0.4, 0.5) is 5.82 Å². The van der Waals surface area contributed by atoms with Gasteiger partial charge in [0.05, 0.1) is 16.0 Å². The largest absolute Gasteiger partial charge is 0.272 e. The summed E-state index contributed by atoms with van der Waals surface area (Å²) in [5.41, 5.74) is 1.67. The summed E-state index contributed by atoms with van der Waals surface area (Å²) in [6.45, 7) is 1.90. The first-order chi connectivity index (χ1) is 13.8. The van der Waals surface area contributed by atoms with Crippen molar-refractivity contribution in [1.29, 1.82) is 0 Å². The van der Waals surface area contributed by atoms with Gasteiger partial charge in [-0.1, -0.05) is 23.7 Å². The van der Waals surface area contributed by atoms with E-state index in [2.05, 4.69) is 24.9 Å². The maximum atomic E-state index is 12.7. The molecule has 0 aliphatic heterocycles. The average molecular weight is 428 g/mol. The normalized spacial score (nSPS) is 11.5. The molecule has 0 aliphatic carbocycles. The molecule has 0 atom stereocenters. The topological polar surface area (TPSA) is 118 Å². The molecule has 0 bridgehead atoms. The van der Waals surface area contributed by atoms with Gasteiger partial charge in [0.1, 0.15) is 12.1 Å². The zero-order chi connectivity index (χ0) is 20.6. The minimum atomic E-state index is -3.95. The van der Waals surface area contributed by atoms with Gasteiger partial charge in [-0.15, -0.1) is 0 Å². The fraction of sp³-hybridized carbons (Fsp3) is 0.0526. The number of hydrogen-bond donors (Lipinski definition) is 2. The molecule has 29 heavy (non-hydrogen) atoms. The Balaban J connectivity index is 1.86. The molecule has 0 amide bonds. The van der Waals surface area contributed by atoms with Crippen LogP contribution < -0.4 is 10.3 Å². The molecule has 0 unspecified atom stereocenters. The quantitative estimate of drug-likeness (QED) is 0.516. The van der Waals surface area contributed by atoms with E-state index in [-0.39, 0.29) is 16.1 Å². The standard InChI is InChI=1S/C19H14ClN5O3S/c1-11-2-3-12(20)8-15(11)18-14-5-4-13(9-16(14)19(26)24-23-18)29(27,28)25-17-6-7-21-10-22-17/h2-10H,1H3,(H,24,26)(H,21,22,25). The molecule has 0 radical (unpaired) electrons. The molecule has 0 saturated heterocycles. The number of aromatic nitrogens is 4. The predicted octanol–water partition coefficient (Wildman–Crippen LogP) is 3.14. The molecule has 0 fully saturated rings. The minimum absolute atomic E-state index is 0.0749. The highest BCUT2D eigenvalue weighted by atomic mass is 35.5. The van der Waals surface area contributed by atoms with E-state index in [1.807, 2.05) is 13.0 Å². The lowest BCUT2D eigenvalue weighted by Crippen LogP contribution is -2.15. The molecule has 4 rings (SSSR count). The zero-order valence-electron chi connectivity index (χ0n) is 15.0. The van der Waals surface area contributed by atoms with Gasteiger partial charge in [-0.05, 0) is 42.8 Å². The minimum Gasteiger partial charge on any atom is -0.267 e. The second-order valence-electron chi connectivity index (χ2n) is 6.27. The fourth-order valence-corrected chi connectivity index (χ4v) is 4.12. The Morgan fingerprint density at radius 1 is 1.07 bits per heavy atom. The van der Waals surface area contributed by atoms with E-state index in [4.69, 9.17) is 11.6 Å². The van der Waals surface area contributed by atoms with E-state index in [1.54, 1.807) is 18.2 Å². The molecule has 10 heteroatoms. The molecule has 0 saturated carbocycles. The maximum Gasteiger partial charge on any atom is 0.272 e. The molecule has 4 aromatic rings. The predicted molar refractivity (Wildman–Crippen MR) is 110 cm³/mol. The Morgan fingerprint density at radius 3 is 2.66 bits per heavy atom. The van der Waals surface area contributed by atoms with Crippen LogP contribution in [0.5, 0.6) is 0 Å². The summed E-state index contributed by atoms with van der Waals surface area (Å²) in [5, 5.41) is 7.83. The van der Waals surface area contributed by atoms with Crippen molar-refractivity contribution in [2.24, 2.45) is 0 Å². The van der Waals surface area contributed by atoms with E-state index in [1.165, 1.54) is 30.7 Å². The van der Waals surface area contributed by atoms with Crippen molar-refractivity contribution >= 4 is 38.2 Å². The number of nitrogens with zero attached hydrogens (tertiary/aromatic N) is 3. The molecule has 146 valence electrons. The van der Waals surface area contributed by atoms with Gasteiger partial charge < -0.3 is 0 Å². The first-order valence-corrected chi connectivity index (χ1v) is 10.3. The summed E-state index contributed by atoms with van der Waals surface area (Å²) >= 11 is 6.11. The van der Waals surface area contributed by atoms with E-state index in [9.17, 15) is 13.2 Å². The van der Waals surface area contributed by atoms with Gasteiger partial charge in [-0.25, -0.2) is 23.5 Å². The number of anilines is 1. The lowest BCUT2D eigenvalue weighted by Gasteiger charge is -2.11. The van der Waals surface area contributed by atoms with Gasteiger partial charge in [0.15, 0.2) is 0 Å². The lowest BCUT2D eigenvalue weighted by atomic mass is 10.0. The molecular weight excluding hydrogens is 414 g/mol. The van der Waals surface area contributed by atoms with Crippen molar-refractivity contribution in [2.75, 3.05) is 4.72 Å². The highest BCUT2D eigenvalue weighted by Crippen LogP contribution is 2.30. The van der Waals surface area contributed by atoms with Crippen LogP contribution in [0.25, 0.3) is 22.0 Å². The highest BCUT2D eigenvalue weighted by molar-refractivity contribution is 7.92. The number of nitrogens with one attached hydrogen (secondary N) is 2. The Kier molecular flexibility index (Phi) is 4.77. The van der Waals surface area contributed by atoms with Crippen LogP contribution >= 0.6 is 11.6 Å². The summed E-state index contributed by atoms with van der Waals surface area (Å²) in [6, 6.07) is 11.1. The number of H-pyrrole nitrogens is 1. The Morgan fingerprint density at radius 2 is 1.90 bits per heavy atom. The van der Waals surface area contributed by atoms with E-state index in [0.717, 1.165) is 11.1 Å². The fourth-order valence-electron chi connectivity index (χ4n) is 2.91. The van der Waals surface area contributed by atoms with Crippen LogP contribution in [0, 0.1) is 6.92 Å². The Hall–Kier alpha value is -3.30. The first kappa shape index (κ1) is 19.0. The molecule has 8 nitrogen and oxygen atoms in total. The Bertz CT molecular complexity index is 1390. The average Bonchev–Trinajstić information content (AvgIpc) is 2.71. The van der Waals surface area contributed by atoms with Crippen molar-refractivity contribution < 1.29 is 8.42 Å². The summed E-state index contributed by atoms with van der Waals surface area (Å²) in [5.74, 6) is 0.124. The Labute approximate surface area is 170 Å². The molecule has 2 aromatic carbocycles. The third kappa shape index (κ3) is 3.69. The number of halogens is 1. The van der Waals surface area contributed by atoms with Crippen molar-refractivity contribution in [3.8, 4) is 11.3 Å². The van der Waals surface area contributed by atoms with Crippen LogP contribution in [0.1, 0.15) is 5.56 Å². The van der Waals surface area contributed by atoms with Crippen molar-refractivity contribution in [1.82, 2.24) is 20.2 Å². The molecular formula is C19H14ClN5O3S. The van der Waals surface area contributed by atoms with Crippen molar-refractivity contribution in [3.05, 3.63) is 75.9 Å². The SMILES string of the molecule is Cc1ccc(Cl)cc1-c1n[nH]c(=O)c2cc(S(=O)(=O)Nc3ccncn3)ccc12. The van der Waals surface area contributed by atoms with E-state index < -0.39 is 15.6 Å². The third-order valence-electron chi connectivity index (χ3n) is 4.35. The van der Waals surface area contributed by atoms with Crippen molar-refractivity contribution in [3.63, 3.8) is 0 Å². The van der Waals surface area contributed by atoms with Crippen LogP contribution in [0.3, 0.4) is 0 Å². The van der Waals surface area contributed by atoms with Crippen LogP contribution in [-0.4, -0.2) is 28.6 Å². The zero-order valence-corrected chi connectivity index (χ0v) is 16.6. The van der Waals surface area contributed by atoms with Crippen LogP contribution in [-0.2, 0) is 10.0 Å². The summed E-state index contributed by atoms with van der Waals surface area (Å²) < 4.78 is 27.7. The second-order valence-corrected chi connectivity index (χ2v) is 8.39. The number of sulfonamides is 1. The first-order valence-electron chi connectivity index (χ1n) is 8.43. The van der Waals surface area contributed by atoms with E-state index in [0.29, 0.717) is 16.1 Å². The number of aromatic amines is 1. The summed E-state index contributed by atoms with van der Waals surface area (Å²) in [4.78, 5) is 19.9. The van der Waals surface area contributed by atoms with Crippen molar-refractivity contribution in [2.45, 2.75) is 11.8 Å². The third-order valence-corrected chi connectivity index (χ3v) is 5.93. The van der Waals surface area contributed by atoms with Gasteiger partial charge in [-0.2, -0.15) is 5.10 Å². The maximum absolute atomic E-state index is 12.7. The lowest BCUT2D eigenvalue weighted by molar-refractivity contribution is 0.601. The number of benzene rings is 2. The van der Waals surface area contributed by atoms with E-state index >= 15 is 0 Å². The molecule has 2 aromatic heterocycles. The molecule has 2 N–H and O–H groups in total.